The van der Waals surface area contributed by atoms with E-state index in [-0.39, 0.29) is 38.1 Å². The third-order valence-electron chi connectivity index (χ3n) is 7.70. The van der Waals surface area contributed by atoms with E-state index in [2.05, 4.69) is 0 Å². The van der Waals surface area contributed by atoms with E-state index in [4.69, 9.17) is 21.1 Å². The molecule has 1 spiro atoms. The topological polar surface area (TPSA) is 96.4 Å². The molecule has 2 saturated heterocycles. The maximum atomic E-state index is 14.2. The Labute approximate surface area is 215 Å². The zero-order chi connectivity index (χ0) is 25.5. The Kier molecular flexibility index (Phi) is 6.70. The second kappa shape index (κ2) is 9.65. The molecular formula is C27H31ClN2O6. The van der Waals surface area contributed by atoms with Crippen LogP contribution in [0, 0.1) is 11.8 Å². The number of carbonyl (C=O) groups is 3. The number of ether oxygens (including phenoxy) is 2. The molecule has 1 unspecified atom stereocenters. The Balaban J connectivity index is 1.64. The Morgan fingerprint density at radius 1 is 1.08 bits per heavy atom. The van der Waals surface area contributed by atoms with Gasteiger partial charge < -0.3 is 24.4 Å². The minimum absolute atomic E-state index is 0.140. The molecular weight excluding hydrogens is 484 g/mol. The number of likely N-dealkylation sites (tertiary alicyclic amines) is 1. The second-order valence-corrected chi connectivity index (χ2v) is 10.4. The van der Waals surface area contributed by atoms with Crippen molar-refractivity contribution in [3.63, 3.8) is 0 Å². The SMILES string of the molecule is C[C@]12/C=C\CCCCOC(=O)[C@H]1[C@H]1C(=O)N(CCCO)C3C(=O)N(c4ccccc4Cl)CC=C[C@@]31O2. The Bertz CT molecular complexity index is 1120. The van der Waals surface area contributed by atoms with Crippen LogP contribution < -0.4 is 4.90 Å². The first-order valence-corrected chi connectivity index (χ1v) is 12.9. The highest BCUT2D eigenvalue weighted by molar-refractivity contribution is 6.34. The summed E-state index contributed by atoms with van der Waals surface area (Å²) in [5, 5.41) is 9.93. The van der Waals surface area contributed by atoms with Crippen LogP contribution in [0.3, 0.4) is 0 Å². The van der Waals surface area contributed by atoms with Gasteiger partial charge in [-0.2, -0.15) is 0 Å². The summed E-state index contributed by atoms with van der Waals surface area (Å²) in [6.07, 6.45) is 10.1. The van der Waals surface area contributed by atoms with Crippen LogP contribution in [-0.4, -0.2) is 71.3 Å². The fraction of sp³-hybridized carbons (Fsp3) is 0.519. The number of benzene rings is 1. The molecule has 0 radical (unpaired) electrons. The van der Waals surface area contributed by atoms with Gasteiger partial charge in [0.25, 0.3) is 5.91 Å². The molecule has 8 nitrogen and oxygen atoms in total. The van der Waals surface area contributed by atoms with E-state index in [9.17, 15) is 19.5 Å². The lowest BCUT2D eigenvalue weighted by Gasteiger charge is -2.37. The molecule has 5 rings (SSSR count). The van der Waals surface area contributed by atoms with Crippen LogP contribution in [-0.2, 0) is 23.9 Å². The number of carbonyl (C=O) groups excluding carboxylic acids is 3. The van der Waals surface area contributed by atoms with Gasteiger partial charge >= 0.3 is 5.97 Å². The summed E-state index contributed by atoms with van der Waals surface area (Å²) in [6, 6.07) is 6.03. The predicted molar refractivity (Wildman–Crippen MR) is 133 cm³/mol. The Morgan fingerprint density at radius 2 is 1.89 bits per heavy atom. The van der Waals surface area contributed by atoms with Crippen molar-refractivity contribution < 1.29 is 29.0 Å². The summed E-state index contributed by atoms with van der Waals surface area (Å²) in [5.41, 5.74) is -1.96. The van der Waals surface area contributed by atoms with Crippen LogP contribution in [0.15, 0.2) is 48.6 Å². The lowest BCUT2D eigenvalue weighted by Crippen LogP contribution is -2.56. The average molecular weight is 515 g/mol. The van der Waals surface area contributed by atoms with Crippen molar-refractivity contribution in [1.29, 1.82) is 0 Å². The van der Waals surface area contributed by atoms with Crippen molar-refractivity contribution in [3.05, 3.63) is 53.6 Å². The average Bonchev–Trinajstić information content (AvgIpc) is 3.18. The molecule has 1 N–H and O–H groups in total. The number of halogens is 1. The summed E-state index contributed by atoms with van der Waals surface area (Å²) in [4.78, 5) is 44.7. The monoisotopic (exact) mass is 514 g/mol. The van der Waals surface area contributed by atoms with Crippen molar-refractivity contribution in [2.45, 2.75) is 49.9 Å². The molecule has 4 aliphatic rings. The minimum Gasteiger partial charge on any atom is -0.465 e. The summed E-state index contributed by atoms with van der Waals surface area (Å²) in [5.74, 6) is -3.02. The molecule has 0 saturated carbocycles. The van der Waals surface area contributed by atoms with E-state index in [0.717, 1.165) is 19.3 Å². The molecule has 2 fully saturated rings. The van der Waals surface area contributed by atoms with Crippen molar-refractivity contribution in [1.82, 2.24) is 4.90 Å². The molecule has 0 aliphatic carbocycles. The van der Waals surface area contributed by atoms with Gasteiger partial charge in [0.2, 0.25) is 5.91 Å². The van der Waals surface area contributed by atoms with Gasteiger partial charge in [-0.1, -0.05) is 48.0 Å². The first kappa shape index (κ1) is 25.0. The van der Waals surface area contributed by atoms with Crippen LogP contribution in [0.25, 0.3) is 0 Å². The largest absolute Gasteiger partial charge is 0.465 e. The Hall–Kier alpha value is -2.68. The van der Waals surface area contributed by atoms with Crippen molar-refractivity contribution in [2.24, 2.45) is 11.8 Å². The van der Waals surface area contributed by atoms with Gasteiger partial charge in [-0.25, -0.2) is 0 Å². The van der Waals surface area contributed by atoms with Gasteiger partial charge in [0.05, 0.1) is 28.8 Å². The Morgan fingerprint density at radius 3 is 2.67 bits per heavy atom. The predicted octanol–water partition coefficient (Wildman–Crippen LogP) is 2.88. The number of fused-ring (bicyclic) bond motifs is 2. The number of allylic oxidation sites excluding steroid dienone is 1. The molecule has 1 aromatic rings. The smallest absolute Gasteiger partial charge is 0.313 e. The molecule has 2 amide bonds. The number of aliphatic hydroxyl groups excluding tert-OH is 1. The normalized spacial score (nSPS) is 35.1. The number of nitrogens with zero attached hydrogens (tertiary/aromatic N) is 2. The molecule has 0 aromatic heterocycles. The zero-order valence-electron chi connectivity index (χ0n) is 20.3. The maximum Gasteiger partial charge on any atom is 0.313 e. The molecule has 192 valence electrons. The van der Waals surface area contributed by atoms with E-state index >= 15 is 0 Å². The van der Waals surface area contributed by atoms with Gasteiger partial charge in [0.15, 0.2) is 0 Å². The molecule has 5 atom stereocenters. The van der Waals surface area contributed by atoms with E-state index in [0.29, 0.717) is 17.1 Å². The first-order valence-electron chi connectivity index (χ1n) is 12.5. The van der Waals surface area contributed by atoms with Crippen molar-refractivity contribution >= 4 is 35.1 Å². The number of esters is 1. The van der Waals surface area contributed by atoms with Gasteiger partial charge in [0.1, 0.15) is 17.6 Å². The van der Waals surface area contributed by atoms with Crippen LogP contribution in [0.2, 0.25) is 5.02 Å². The molecule has 1 aromatic carbocycles. The van der Waals surface area contributed by atoms with Gasteiger partial charge in [-0.05, 0) is 44.7 Å². The second-order valence-electron chi connectivity index (χ2n) is 9.97. The first-order chi connectivity index (χ1) is 17.3. The molecule has 9 heteroatoms. The number of cyclic esters (lactones) is 1. The summed E-state index contributed by atoms with van der Waals surface area (Å²) >= 11 is 6.45. The molecule has 4 aliphatic heterocycles. The highest BCUT2D eigenvalue weighted by Crippen LogP contribution is 2.57. The maximum absolute atomic E-state index is 14.2. The van der Waals surface area contributed by atoms with Crippen LogP contribution in [0.5, 0.6) is 0 Å². The fourth-order valence-corrected chi connectivity index (χ4v) is 6.40. The van der Waals surface area contributed by atoms with Gasteiger partial charge in [-0.3, -0.25) is 14.4 Å². The lowest BCUT2D eigenvalue weighted by molar-refractivity contribution is -0.158. The highest BCUT2D eigenvalue weighted by Gasteiger charge is 2.74. The van der Waals surface area contributed by atoms with Gasteiger partial charge in [-0.15, -0.1) is 0 Å². The van der Waals surface area contributed by atoms with Gasteiger partial charge in [0, 0.05) is 19.7 Å². The number of amides is 2. The minimum atomic E-state index is -1.36. The summed E-state index contributed by atoms with van der Waals surface area (Å²) in [6.45, 7) is 2.33. The number of hydrogen-bond donors (Lipinski definition) is 1. The van der Waals surface area contributed by atoms with Crippen LogP contribution in [0.1, 0.15) is 32.6 Å². The fourth-order valence-electron chi connectivity index (χ4n) is 6.17. The summed E-state index contributed by atoms with van der Waals surface area (Å²) < 4.78 is 12.3. The number of para-hydroxylation sites is 1. The molecule has 36 heavy (non-hydrogen) atoms. The number of rotatable bonds is 4. The van der Waals surface area contributed by atoms with Crippen molar-refractivity contribution in [2.75, 3.05) is 31.2 Å². The lowest BCUT2D eigenvalue weighted by atomic mass is 9.74. The van der Waals surface area contributed by atoms with Crippen LogP contribution in [0.4, 0.5) is 5.69 Å². The third kappa shape index (κ3) is 3.86. The van der Waals surface area contributed by atoms with E-state index in [1.807, 2.05) is 18.2 Å². The third-order valence-corrected chi connectivity index (χ3v) is 8.02. The number of aliphatic hydroxyl groups is 1. The van der Waals surface area contributed by atoms with E-state index < -0.39 is 35.0 Å². The van der Waals surface area contributed by atoms with Crippen LogP contribution >= 0.6 is 11.6 Å². The number of hydrogen-bond acceptors (Lipinski definition) is 6. The molecule has 0 bridgehead atoms. The summed E-state index contributed by atoms with van der Waals surface area (Å²) in [7, 11) is 0. The highest BCUT2D eigenvalue weighted by atomic mass is 35.5. The standard InChI is InChI=1S/C27H31ClN2O6/c1-26-12-6-2-3-7-17-35-25(34)21(26)20-23(32)30(15-9-16-31)22-24(33)29(14-8-13-27(20,22)36-26)19-11-5-4-10-18(19)28/h4-6,8,10-13,20-22,31H,2-3,7,9,14-17H2,1H3/b12-6-/t20-,21+,22?,26-,27-/m0/s1. The quantitative estimate of drug-likeness (QED) is 0.490. The van der Waals surface area contributed by atoms with Crippen molar-refractivity contribution in [3.8, 4) is 0 Å². The molecule has 4 heterocycles. The zero-order valence-corrected chi connectivity index (χ0v) is 21.0. The number of anilines is 1. The van der Waals surface area contributed by atoms with E-state index in [1.54, 1.807) is 42.2 Å². The van der Waals surface area contributed by atoms with E-state index in [1.165, 1.54) is 4.90 Å².